The third-order valence-corrected chi connectivity index (χ3v) is 3.33. The van der Waals surface area contributed by atoms with E-state index in [4.69, 9.17) is 4.74 Å². The molecule has 0 unspecified atom stereocenters. The normalized spacial score (nSPS) is 12.2. The smallest absolute Gasteiger partial charge is 0.126 e. The summed E-state index contributed by atoms with van der Waals surface area (Å²) in [5.74, 6) is 0.927. The van der Waals surface area contributed by atoms with Crippen LogP contribution in [-0.4, -0.2) is 19.7 Å². The van der Waals surface area contributed by atoms with Crippen LogP contribution in [0.1, 0.15) is 26.3 Å². The minimum absolute atomic E-state index is 0.506. The van der Waals surface area contributed by atoms with E-state index in [0.717, 1.165) is 17.7 Å². The second kappa shape index (κ2) is 6.58. The van der Waals surface area contributed by atoms with E-state index >= 15 is 0 Å². The maximum Gasteiger partial charge on any atom is 0.126 e. The maximum absolute atomic E-state index is 5.43. The van der Waals surface area contributed by atoms with Crippen molar-refractivity contribution in [3.05, 3.63) is 47.5 Å². The Hall–Kier alpha value is -1.80. The zero-order valence-corrected chi connectivity index (χ0v) is 12.7. The first-order valence-corrected chi connectivity index (χ1v) is 7.08. The third-order valence-electron chi connectivity index (χ3n) is 3.33. The van der Waals surface area contributed by atoms with Gasteiger partial charge in [0.05, 0.1) is 7.11 Å². The van der Waals surface area contributed by atoms with Crippen LogP contribution in [0.3, 0.4) is 0 Å². The van der Waals surface area contributed by atoms with E-state index in [1.165, 1.54) is 16.5 Å². The minimum atomic E-state index is 0.506. The van der Waals surface area contributed by atoms with Gasteiger partial charge >= 0.3 is 0 Å². The van der Waals surface area contributed by atoms with Crippen molar-refractivity contribution in [2.75, 3.05) is 13.7 Å². The fourth-order valence-electron chi connectivity index (χ4n) is 2.28. The fourth-order valence-corrected chi connectivity index (χ4v) is 2.28. The third kappa shape index (κ3) is 3.40. The first-order chi connectivity index (χ1) is 9.61. The Labute approximate surface area is 121 Å². The van der Waals surface area contributed by atoms with Gasteiger partial charge in [0, 0.05) is 18.0 Å². The number of methoxy groups -OCH3 is 1. The molecule has 106 valence electrons. The largest absolute Gasteiger partial charge is 0.496 e. The summed E-state index contributed by atoms with van der Waals surface area (Å²) in [6, 6.07) is 13.0. The number of fused-ring (bicyclic) bond motifs is 1. The summed E-state index contributed by atoms with van der Waals surface area (Å²) in [6.45, 7) is 7.40. The summed E-state index contributed by atoms with van der Waals surface area (Å²) >= 11 is 0. The van der Waals surface area contributed by atoms with Crippen LogP contribution in [0.15, 0.2) is 42.0 Å². The lowest BCUT2D eigenvalue weighted by Crippen LogP contribution is -2.24. The molecule has 0 aliphatic rings. The molecular formula is C18H23NO. The van der Waals surface area contributed by atoms with Crippen molar-refractivity contribution in [1.29, 1.82) is 0 Å². The molecule has 0 amide bonds. The standard InChI is InChI=1S/C18H23NO/c1-13(2)19-12-14(3)11-15-9-10-18(20-4)17-8-6-5-7-16(15)17/h5-11,13,19H,12H2,1-4H3/b14-11-. The van der Waals surface area contributed by atoms with E-state index in [0.29, 0.717) is 6.04 Å². The van der Waals surface area contributed by atoms with Gasteiger partial charge in [-0.3, -0.25) is 0 Å². The molecule has 0 radical (unpaired) electrons. The van der Waals surface area contributed by atoms with Crippen LogP contribution in [0, 0.1) is 0 Å². The van der Waals surface area contributed by atoms with Gasteiger partial charge in [-0.1, -0.05) is 55.8 Å². The van der Waals surface area contributed by atoms with Gasteiger partial charge in [0.25, 0.3) is 0 Å². The first kappa shape index (κ1) is 14.6. The molecule has 0 fully saturated rings. The van der Waals surface area contributed by atoms with E-state index in [1.807, 2.05) is 12.1 Å². The van der Waals surface area contributed by atoms with Crippen LogP contribution in [0.5, 0.6) is 5.75 Å². The number of hydrogen-bond acceptors (Lipinski definition) is 2. The van der Waals surface area contributed by atoms with Gasteiger partial charge in [-0.05, 0) is 23.9 Å². The highest BCUT2D eigenvalue weighted by Gasteiger charge is 2.04. The molecule has 0 bridgehead atoms. The first-order valence-electron chi connectivity index (χ1n) is 7.08. The number of benzene rings is 2. The number of ether oxygens (including phenoxy) is 1. The summed E-state index contributed by atoms with van der Waals surface area (Å²) in [5.41, 5.74) is 2.57. The molecule has 0 saturated carbocycles. The van der Waals surface area contributed by atoms with E-state index in [-0.39, 0.29) is 0 Å². The van der Waals surface area contributed by atoms with Gasteiger partial charge < -0.3 is 10.1 Å². The number of nitrogens with one attached hydrogen (secondary N) is 1. The summed E-state index contributed by atoms with van der Waals surface area (Å²) in [5, 5.41) is 5.84. The topological polar surface area (TPSA) is 21.3 Å². The Balaban J connectivity index is 2.38. The van der Waals surface area contributed by atoms with E-state index in [2.05, 4.69) is 56.4 Å². The zero-order chi connectivity index (χ0) is 14.5. The van der Waals surface area contributed by atoms with Gasteiger partial charge in [0.2, 0.25) is 0 Å². The Morgan fingerprint density at radius 3 is 2.50 bits per heavy atom. The predicted molar refractivity (Wildman–Crippen MR) is 87.3 cm³/mol. The van der Waals surface area contributed by atoms with Crippen LogP contribution in [0.4, 0.5) is 0 Å². The average molecular weight is 269 g/mol. The van der Waals surface area contributed by atoms with Crippen molar-refractivity contribution in [3.8, 4) is 5.75 Å². The maximum atomic E-state index is 5.43. The predicted octanol–water partition coefficient (Wildman–Crippen LogP) is 4.25. The summed E-state index contributed by atoms with van der Waals surface area (Å²) in [4.78, 5) is 0. The molecular weight excluding hydrogens is 246 g/mol. The highest BCUT2D eigenvalue weighted by atomic mass is 16.5. The molecule has 0 aliphatic heterocycles. The fraction of sp³-hybridized carbons (Fsp3) is 0.333. The molecule has 2 nitrogen and oxygen atoms in total. The molecule has 20 heavy (non-hydrogen) atoms. The molecule has 0 aliphatic carbocycles. The highest BCUT2D eigenvalue weighted by Crippen LogP contribution is 2.29. The van der Waals surface area contributed by atoms with Crippen LogP contribution >= 0.6 is 0 Å². The van der Waals surface area contributed by atoms with Crippen LogP contribution < -0.4 is 10.1 Å². The molecule has 2 heteroatoms. The monoisotopic (exact) mass is 269 g/mol. The van der Waals surface area contributed by atoms with Crippen molar-refractivity contribution in [1.82, 2.24) is 5.32 Å². The Morgan fingerprint density at radius 1 is 1.15 bits per heavy atom. The van der Waals surface area contributed by atoms with Crippen LogP contribution in [0.25, 0.3) is 16.8 Å². The van der Waals surface area contributed by atoms with Crippen LogP contribution in [-0.2, 0) is 0 Å². The second-order valence-electron chi connectivity index (χ2n) is 5.43. The SMILES string of the molecule is COc1ccc(/C=C(/C)CNC(C)C)c2ccccc12. The van der Waals surface area contributed by atoms with E-state index in [1.54, 1.807) is 7.11 Å². The van der Waals surface area contributed by atoms with Gasteiger partial charge in [-0.15, -0.1) is 0 Å². The highest BCUT2D eigenvalue weighted by molar-refractivity contribution is 5.95. The van der Waals surface area contributed by atoms with Gasteiger partial charge in [0.15, 0.2) is 0 Å². The lowest BCUT2D eigenvalue weighted by Gasteiger charge is -2.11. The van der Waals surface area contributed by atoms with Gasteiger partial charge in [0.1, 0.15) is 5.75 Å². The molecule has 1 N–H and O–H groups in total. The van der Waals surface area contributed by atoms with Gasteiger partial charge in [-0.2, -0.15) is 0 Å². The lowest BCUT2D eigenvalue weighted by molar-refractivity contribution is 0.420. The summed E-state index contributed by atoms with van der Waals surface area (Å²) in [7, 11) is 1.72. The second-order valence-corrected chi connectivity index (χ2v) is 5.43. The number of rotatable bonds is 5. The van der Waals surface area contributed by atoms with Crippen molar-refractivity contribution in [3.63, 3.8) is 0 Å². The molecule has 0 atom stereocenters. The Bertz CT molecular complexity index is 614. The quantitative estimate of drug-likeness (QED) is 0.876. The van der Waals surface area contributed by atoms with E-state index in [9.17, 15) is 0 Å². The molecule has 0 heterocycles. The average Bonchev–Trinajstić information content (AvgIpc) is 2.45. The van der Waals surface area contributed by atoms with Crippen molar-refractivity contribution >= 4 is 16.8 Å². The molecule has 2 aromatic carbocycles. The molecule has 2 rings (SSSR count). The summed E-state index contributed by atoms with van der Waals surface area (Å²) in [6.07, 6.45) is 2.25. The summed E-state index contributed by atoms with van der Waals surface area (Å²) < 4.78 is 5.43. The Kier molecular flexibility index (Phi) is 4.80. The molecule has 2 aromatic rings. The van der Waals surface area contributed by atoms with Gasteiger partial charge in [-0.25, -0.2) is 0 Å². The van der Waals surface area contributed by atoms with Crippen molar-refractivity contribution in [2.24, 2.45) is 0 Å². The van der Waals surface area contributed by atoms with Crippen molar-refractivity contribution in [2.45, 2.75) is 26.8 Å². The zero-order valence-electron chi connectivity index (χ0n) is 12.7. The number of hydrogen-bond donors (Lipinski definition) is 1. The minimum Gasteiger partial charge on any atom is -0.496 e. The Morgan fingerprint density at radius 2 is 1.85 bits per heavy atom. The molecule has 0 spiro atoms. The van der Waals surface area contributed by atoms with Crippen molar-refractivity contribution < 1.29 is 4.74 Å². The molecule has 0 aromatic heterocycles. The molecule has 0 saturated heterocycles. The van der Waals surface area contributed by atoms with E-state index < -0.39 is 0 Å². The van der Waals surface area contributed by atoms with Crippen LogP contribution in [0.2, 0.25) is 0 Å². The lowest BCUT2D eigenvalue weighted by atomic mass is 10.0.